The molecule has 1 unspecified atom stereocenters. The minimum absolute atomic E-state index is 0.162. The van der Waals surface area contributed by atoms with E-state index in [1.54, 1.807) is 0 Å². The maximum absolute atomic E-state index is 9.61. The number of rotatable bonds is 2. The van der Waals surface area contributed by atoms with Crippen LogP contribution in [0.3, 0.4) is 0 Å². The third-order valence-corrected chi connectivity index (χ3v) is 3.48. The van der Waals surface area contributed by atoms with Gasteiger partial charge in [0.2, 0.25) is 0 Å². The van der Waals surface area contributed by atoms with E-state index < -0.39 is 0 Å². The highest BCUT2D eigenvalue weighted by Gasteiger charge is 2.31. The molecule has 11 heavy (non-hydrogen) atoms. The lowest BCUT2D eigenvalue weighted by atomic mass is 9.95. The Balaban J connectivity index is 2.71. The Bertz CT molecular complexity index is 172. The molecule has 0 amide bonds. The van der Waals surface area contributed by atoms with Crippen LogP contribution in [0.4, 0.5) is 0 Å². The molecule has 1 aliphatic rings. The molecule has 1 heterocycles. The first kappa shape index (κ1) is 9.14. The molecule has 0 radical (unpaired) electrons. The van der Waals surface area contributed by atoms with Crippen LogP contribution in [0.1, 0.15) is 27.2 Å². The number of aliphatic hydroxyl groups excluding tert-OH is 1. The molecule has 0 bridgehead atoms. The van der Waals surface area contributed by atoms with Crippen LogP contribution in [0.15, 0.2) is 11.6 Å². The van der Waals surface area contributed by atoms with Crippen molar-refractivity contribution in [2.24, 2.45) is 0 Å². The second-order valence-corrected chi connectivity index (χ2v) is 5.05. The van der Waals surface area contributed by atoms with Gasteiger partial charge in [0.1, 0.15) is 0 Å². The molecule has 1 atom stereocenters. The maximum Gasteiger partial charge on any atom is 0.0761 e. The number of hydrogen-bond donors (Lipinski definition) is 1. The van der Waals surface area contributed by atoms with Gasteiger partial charge in [-0.05, 0) is 25.8 Å². The van der Waals surface area contributed by atoms with Crippen molar-refractivity contribution in [3.05, 3.63) is 11.6 Å². The molecule has 0 aliphatic carbocycles. The van der Waals surface area contributed by atoms with Gasteiger partial charge in [-0.2, -0.15) is 0 Å². The zero-order chi connectivity index (χ0) is 8.48. The quantitative estimate of drug-likeness (QED) is 0.644. The average molecular weight is 172 g/mol. The molecule has 0 saturated heterocycles. The van der Waals surface area contributed by atoms with Gasteiger partial charge in [0.25, 0.3) is 0 Å². The van der Waals surface area contributed by atoms with Crippen LogP contribution in [0.2, 0.25) is 0 Å². The van der Waals surface area contributed by atoms with Crippen molar-refractivity contribution in [3.8, 4) is 0 Å². The van der Waals surface area contributed by atoms with E-state index in [2.05, 4.69) is 19.9 Å². The average Bonchev–Trinajstić information content (AvgIpc) is 2.28. The summed E-state index contributed by atoms with van der Waals surface area (Å²) in [6.45, 7) is 6.37. The highest BCUT2D eigenvalue weighted by atomic mass is 32.2. The molecule has 0 aromatic carbocycles. The lowest BCUT2D eigenvalue weighted by Crippen LogP contribution is -2.24. The molecular weight excluding hydrogens is 156 g/mol. The molecule has 1 rings (SSSR count). The third kappa shape index (κ3) is 1.79. The Morgan fingerprint density at radius 1 is 1.73 bits per heavy atom. The van der Waals surface area contributed by atoms with Gasteiger partial charge >= 0.3 is 0 Å². The molecule has 0 aromatic heterocycles. The standard InChI is InChI=1S/C9H16OS/c1-4-8(10)7-5-6-11-9(7,2)3/h5,8,10H,4,6H2,1-3H3. The minimum atomic E-state index is -0.222. The van der Waals surface area contributed by atoms with Gasteiger partial charge in [-0.25, -0.2) is 0 Å². The summed E-state index contributed by atoms with van der Waals surface area (Å²) in [4.78, 5) is 0. The number of hydrogen-bond acceptors (Lipinski definition) is 2. The van der Waals surface area contributed by atoms with E-state index in [1.165, 1.54) is 5.57 Å². The summed E-state index contributed by atoms with van der Waals surface area (Å²) in [5.41, 5.74) is 1.21. The molecule has 1 aliphatic heterocycles. The topological polar surface area (TPSA) is 20.2 Å². The molecule has 0 aromatic rings. The predicted molar refractivity (Wildman–Crippen MR) is 50.9 cm³/mol. The van der Waals surface area contributed by atoms with Crippen LogP contribution in [0.5, 0.6) is 0 Å². The molecule has 0 spiro atoms. The van der Waals surface area contributed by atoms with Gasteiger partial charge in [-0.1, -0.05) is 13.0 Å². The molecular formula is C9H16OS. The van der Waals surface area contributed by atoms with Crippen LogP contribution < -0.4 is 0 Å². The van der Waals surface area contributed by atoms with Crippen molar-refractivity contribution in [3.63, 3.8) is 0 Å². The van der Waals surface area contributed by atoms with Gasteiger partial charge in [0.15, 0.2) is 0 Å². The largest absolute Gasteiger partial charge is 0.389 e. The first-order valence-corrected chi connectivity index (χ1v) is 5.09. The van der Waals surface area contributed by atoms with Gasteiger partial charge in [-0.15, -0.1) is 11.8 Å². The van der Waals surface area contributed by atoms with Crippen LogP contribution in [-0.2, 0) is 0 Å². The summed E-state index contributed by atoms with van der Waals surface area (Å²) >= 11 is 1.90. The maximum atomic E-state index is 9.61. The normalized spacial score (nSPS) is 24.9. The molecule has 1 N–H and O–H groups in total. The highest BCUT2D eigenvalue weighted by Crippen LogP contribution is 2.40. The van der Waals surface area contributed by atoms with Crippen molar-refractivity contribution >= 4 is 11.8 Å². The van der Waals surface area contributed by atoms with Crippen molar-refractivity contribution < 1.29 is 5.11 Å². The number of aliphatic hydroxyl groups is 1. The Labute approximate surface area is 72.9 Å². The van der Waals surface area contributed by atoms with Crippen molar-refractivity contribution in [2.75, 3.05) is 5.75 Å². The fourth-order valence-corrected chi connectivity index (χ4v) is 2.49. The Morgan fingerprint density at radius 2 is 2.36 bits per heavy atom. The zero-order valence-electron chi connectivity index (χ0n) is 7.42. The molecule has 0 fully saturated rings. The van der Waals surface area contributed by atoms with Crippen LogP contribution in [0.25, 0.3) is 0 Å². The summed E-state index contributed by atoms with van der Waals surface area (Å²) in [6.07, 6.45) is 2.77. The fourth-order valence-electron chi connectivity index (χ4n) is 1.43. The summed E-state index contributed by atoms with van der Waals surface area (Å²) in [6, 6.07) is 0. The molecule has 2 heteroatoms. The second-order valence-electron chi connectivity index (χ2n) is 3.40. The van der Waals surface area contributed by atoms with E-state index in [0.717, 1.165) is 12.2 Å². The first-order chi connectivity index (χ1) is 5.08. The molecule has 1 nitrogen and oxygen atoms in total. The van der Waals surface area contributed by atoms with Crippen LogP contribution >= 0.6 is 11.8 Å². The van der Waals surface area contributed by atoms with Gasteiger partial charge < -0.3 is 5.11 Å². The Kier molecular flexibility index (Phi) is 2.66. The lowest BCUT2D eigenvalue weighted by molar-refractivity contribution is 0.199. The second kappa shape index (κ2) is 3.20. The lowest BCUT2D eigenvalue weighted by Gasteiger charge is -2.24. The predicted octanol–water partition coefficient (Wildman–Crippen LogP) is 2.21. The minimum Gasteiger partial charge on any atom is -0.389 e. The smallest absolute Gasteiger partial charge is 0.0761 e. The molecule has 64 valence electrons. The highest BCUT2D eigenvalue weighted by molar-refractivity contribution is 8.01. The van der Waals surface area contributed by atoms with Crippen LogP contribution in [-0.4, -0.2) is 21.7 Å². The first-order valence-electron chi connectivity index (χ1n) is 4.10. The Hall–Kier alpha value is 0.0500. The van der Waals surface area contributed by atoms with E-state index in [4.69, 9.17) is 0 Å². The number of thioether (sulfide) groups is 1. The summed E-state index contributed by atoms with van der Waals surface area (Å²) in [7, 11) is 0. The van der Waals surface area contributed by atoms with Crippen molar-refractivity contribution in [2.45, 2.75) is 38.0 Å². The third-order valence-electron chi connectivity index (χ3n) is 2.19. The summed E-state index contributed by atoms with van der Waals surface area (Å²) in [5.74, 6) is 1.05. The fraction of sp³-hybridized carbons (Fsp3) is 0.778. The SMILES string of the molecule is CCC(O)C1=CCSC1(C)C. The van der Waals surface area contributed by atoms with E-state index in [9.17, 15) is 5.11 Å². The van der Waals surface area contributed by atoms with E-state index in [1.807, 2.05) is 18.7 Å². The van der Waals surface area contributed by atoms with Gasteiger partial charge in [0.05, 0.1) is 6.10 Å². The zero-order valence-corrected chi connectivity index (χ0v) is 8.24. The van der Waals surface area contributed by atoms with Crippen molar-refractivity contribution in [1.82, 2.24) is 0 Å². The van der Waals surface area contributed by atoms with Crippen LogP contribution in [0, 0.1) is 0 Å². The van der Waals surface area contributed by atoms with Crippen molar-refractivity contribution in [1.29, 1.82) is 0 Å². The van der Waals surface area contributed by atoms with Gasteiger partial charge in [-0.3, -0.25) is 0 Å². The summed E-state index contributed by atoms with van der Waals surface area (Å²) in [5, 5.41) is 9.61. The van der Waals surface area contributed by atoms with Gasteiger partial charge in [0, 0.05) is 10.5 Å². The monoisotopic (exact) mass is 172 g/mol. The van der Waals surface area contributed by atoms with E-state index in [-0.39, 0.29) is 10.9 Å². The summed E-state index contributed by atoms with van der Waals surface area (Å²) < 4.78 is 0.162. The molecule has 0 saturated carbocycles. The van der Waals surface area contributed by atoms with E-state index >= 15 is 0 Å². The Morgan fingerprint density at radius 3 is 2.73 bits per heavy atom. The van der Waals surface area contributed by atoms with E-state index in [0.29, 0.717) is 0 Å².